The van der Waals surface area contributed by atoms with E-state index in [-0.39, 0.29) is 5.91 Å². The molecule has 30 heavy (non-hydrogen) atoms. The van der Waals surface area contributed by atoms with Gasteiger partial charge in [0.15, 0.2) is 0 Å². The van der Waals surface area contributed by atoms with Gasteiger partial charge in [-0.3, -0.25) is 9.48 Å². The number of nitrogens with zero attached hydrogens (tertiary/aromatic N) is 4. The van der Waals surface area contributed by atoms with Crippen molar-refractivity contribution in [1.29, 1.82) is 0 Å². The lowest BCUT2D eigenvalue weighted by Crippen LogP contribution is -2.41. The molecule has 0 atom stereocenters. The Balaban J connectivity index is 1.64. The van der Waals surface area contributed by atoms with Crippen LogP contribution in [0.3, 0.4) is 0 Å². The van der Waals surface area contributed by atoms with Gasteiger partial charge in [-0.15, -0.1) is 0 Å². The third-order valence-corrected chi connectivity index (χ3v) is 5.89. The summed E-state index contributed by atoms with van der Waals surface area (Å²) < 4.78 is 1.79. The summed E-state index contributed by atoms with van der Waals surface area (Å²) in [7, 11) is 1.91. The fourth-order valence-electron chi connectivity index (χ4n) is 3.81. The van der Waals surface area contributed by atoms with Crippen molar-refractivity contribution in [2.24, 2.45) is 23.7 Å². The topological polar surface area (TPSA) is 88.5 Å². The Bertz CT molecular complexity index is 1010. The molecule has 1 aliphatic carbocycles. The van der Waals surface area contributed by atoms with Crippen molar-refractivity contribution in [1.82, 2.24) is 20.0 Å². The predicted molar refractivity (Wildman–Crippen MR) is 119 cm³/mol. The van der Waals surface area contributed by atoms with Crippen LogP contribution < -0.4 is 11.1 Å². The molecule has 1 aromatic heterocycles. The van der Waals surface area contributed by atoms with Crippen LogP contribution in [0.2, 0.25) is 0 Å². The number of carbonyl (C=O) groups is 1. The maximum atomic E-state index is 11.9. The molecule has 3 N–H and O–H groups in total. The molecule has 158 valence electrons. The van der Waals surface area contributed by atoms with Gasteiger partial charge in [0.1, 0.15) is 5.84 Å². The SMILES string of the molecule is CC(=O)N1CCC(NCC2CC2)=C(C(N)=Nc2ccc(C)c(-c3cnn(C)c3)c2)C1. The van der Waals surface area contributed by atoms with Crippen molar-refractivity contribution in [3.8, 4) is 11.1 Å². The highest BCUT2D eigenvalue weighted by molar-refractivity contribution is 6.00. The summed E-state index contributed by atoms with van der Waals surface area (Å²) in [5.74, 6) is 1.30. The Kier molecular flexibility index (Phi) is 5.61. The molecule has 1 aromatic carbocycles. The standard InChI is InChI=1S/C23H30N6O/c1-15-4-7-19(10-20(15)18-12-26-28(3)13-18)27-23(24)21-14-29(16(2)30)9-8-22(21)25-11-17-5-6-17/h4,7,10,12-13,17,25H,5-6,8-9,11,14H2,1-3H3,(H2,24,27). The predicted octanol–water partition coefficient (Wildman–Crippen LogP) is 2.89. The second-order valence-electron chi connectivity index (χ2n) is 8.37. The lowest BCUT2D eigenvalue weighted by atomic mass is 10.0. The summed E-state index contributed by atoms with van der Waals surface area (Å²) in [6.45, 7) is 5.87. The second kappa shape index (κ2) is 8.34. The van der Waals surface area contributed by atoms with E-state index in [4.69, 9.17) is 10.7 Å². The quantitative estimate of drug-likeness (QED) is 0.570. The zero-order chi connectivity index (χ0) is 21.3. The summed E-state index contributed by atoms with van der Waals surface area (Å²) in [5.41, 5.74) is 12.6. The van der Waals surface area contributed by atoms with Gasteiger partial charge in [-0.2, -0.15) is 5.10 Å². The Hall–Kier alpha value is -3.09. The van der Waals surface area contributed by atoms with E-state index in [1.54, 1.807) is 11.6 Å². The molecule has 4 rings (SSSR count). The molecule has 0 unspecified atom stereocenters. The molecule has 7 nitrogen and oxygen atoms in total. The number of benzene rings is 1. The molecular formula is C23H30N6O. The van der Waals surface area contributed by atoms with Crippen LogP contribution in [0.4, 0.5) is 5.69 Å². The summed E-state index contributed by atoms with van der Waals surface area (Å²) in [4.78, 5) is 18.5. The van der Waals surface area contributed by atoms with Crippen LogP contribution >= 0.6 is 0 Å². The number of nitrogens with two attached hydrogens (primary N) is 1. The average molecular weight is 407 g/mol. The molecule has 0 saturated heterocycles. The monoisotopic (exact) mass is 406 g/mol. The number of amidine groups is 1. The minimum Gasteiger partial charge on any atom is -0.388 e. The highest BCUT2D eigenvalue weighted by Gasteiger charge is 2.26. The molecular weight excluding hydrogens is 376 g/mol. The van der Waals surface area contributed by atoms with Gasteiger partial charge in [-0.05, 0) is 48.9 Å². The Morgan fingerprint density at radius 2 is 2.17 bits per heavy atom. The van der Waals surface area contributed by atoms with Crippen LogP contribution in [0.5, 0.6) is 0 Å². The van der Waals surface area contributed by atoms with Crippen LogP contribution in [0, 0.1) is 12.8 Å². The van der Waals surface area contributed by atoms with E-state index >= 15 is 0 Å². The van der Waals surface area contributed by atoms with E-state index in [1.807, 2.05) is 36.5 Å². The van der Waals surface area contributed by atoms with E-state index in [1.165, 1.54) is 12.8 Å². The van der Waals surface area contributed by atoms with Crippen LogP contribution in [-0.2, 0) is 11.8 Å². The van der Waals surface area contributed by atoms with Crippen LogP contribution in [0.1, 0.15) is 31.7 Å². The first-order chi connectivity index (χ1) is 14.4. The van der Waals surface area contributed by atoms with E-state index in [2.05, 4.69) is 23.4 Å². The zero-order valence-corrected chi connectivity index (χ0v) is 18.0. The summed E-state index contributed by atoms with van der Waals surface area (Å²) in [6, 6.07) is 6.08. The number of aromatic nitrogens is 2. The fraction of sp³-hybridized carbons (Fsp3) is 0.435. The van der Waals surface area contributed by atoms with Crippen LogP contribution in [-0.4, -0.2) is 46.1 Å². The van der Waals surface area contributed by atoms with Crippen LogP contribution in [0.25, 0.3) is 11.1 Å². The van der Waals surface area contributed by atoms with Crippen molar-refractivity contribution < 1.29 is 4.79 Å². The van der Waals surface area contributed by atoms with Gasteiger partial charge in [-0.1, -0.05) is 6.07 Å². The smallest absolute Gasteiger partial charge is 0.219 e. The maximum absolute atomic E-state index is 11.9. The molecule has 0 bridgehead atoms. The normalized spacial score (nSPS) is 17.4. The molecule has 0 spiro atoms. The average Bonchev–Trinajstić information content (AvgIpc) is 3.46. The van der Waals surface area contributed by atoms with E-state index in [0.29, 0.717) is 12.4 Å². The lowest BCUT2D eigenvalue weighted by Gasteiger charge is -2.30. The number of hydrogen-bond acceptors (Lipinski definition) is 4. The minimum absolute atomic E-state index is 0.0655. The number of amides is 1. The minimum atomic E-state index is 0.0655. The van der Waals surface area contributed by atoms with E-state index < -0.39 is 0 Å². The fourth-order valence-corrected chi connectivity index (χ4v) is 3.81. The van der Waals surface area contributed by atoms with Gasteiger partial charge < -0.3 is 16.0 Å². The largest absolute Gasteiger partial charge is 0.388 e. The highest BCUT2D eigenvalue weighted by Crippen LogP contribution is 2.30. The van der Waals surface area contributed by atoms with Gasteiger partial charge in [-0.25, -0.2) is 4.99 Å². The van der Waals surface area contributed by atoms with Gasteiger partial charge >= 0.3 is 0 Å². The summed E-state index contributed by atoms with van der Waals surface area (Å²) >= 11 is 0. The highest BCUT2D eigenvalue weighted by atomic mass is 16.2. The van der Waals surface area contributed by atoms with Crippen LogP contribution in [0.15, 0.2) is 46.9 Å². The first-order valence-corrected chi connectivity index (χ1v) is 10.6. The first-order valence-electron chi connectivity index (χ1n) is 10.6. The first kappa shape index (κ1) is 20.2. The molecule has 2 heterocycles. The number of carbonyl (C=O) groups excluding carboxylic acids is 1. The molecule has 2 aliphatic rings. The molecule has 1 fully saturated rings. The van der Waals surface area contributed by atoms with Gasteiger partial charge in [0.25, 0.3) is 0 Å². The summed E-state index contributed by atoms with van der Waals surface area (Å²) in [5, 5.41) is 7.85. The van der Waals surface area contributed by atoms with Gasteiger partial charge in [0.2, 0.25) is 5.91 Å². The van der Waals surface area contributed by atoms with Crippen molar-refractivity contribution >= 4 is 17.4 Å². The second-order valence-corrected chi connectivity index (χ2v) is 8.37. The molecule has 2 aromatic rings. The molecule has 7 heteroatoms. The number of aliphatic imine (C=N–C) groups is 1. The van der Waals surface area contributed by atoms with Gasteiger partial charge in [0, 0.05) is 56.5 Å². The number of nitrogens with one attached hydrogen (secondary N) is 1. The Morgan fingerprint density at radius 1 is 1.37 bits per heavy atom. The van der Waals surface area contributed by atoms with Crippen molar-refractivity contribution in [3.63, 3.8) is 0 Å². The van der Waals surface area contributed by atoms with Crippen molar-refractivity contribution in [3.05, 3.63) is 47.4 Å². The molecule has 0 radical (unpaired) electrons. The van der Waals surface area contributed by atoms with Gasteiger partial charge in [0.05, 0.1) is 18.4 Å². The summed E-state index contributed by atoms with van der Waals surface area (Å²) in [6.07, 6.45) is 7.21. The van der Waals surface area contributed by atoms with Crippen molar-refractivity contribution in [2.75, 3.05) is 19.6 Å². The van der Waals surface area contributed by atoms with E-state index in [9.17, 15) is 4.79 Å². The Labute approximate surface area is 177 Å². The molecule has 1 saturated carbocycles. The lowest BCUT2D eigenvalue weighted by molar-refractivity contribution is -0.128. The maximum Gasteiger partial charge on any atom is 0.219 e. The number of rotatable bonds is 6. The zero-order valence-electron chi connectivity index (χ0n) is 18.0. The number of aryl methyl sites for hydroxylation is 2. The Morgan fingerprint density at radius 3 is 2.83 bits per heavy atom. The van der Waals surface area contributed by atoms with Crippen molar-refractivity contribution in [2.45, 2.75) is 33.1 Å². The number of hydrogen-bond donors (Lipinski definition) is 2. The third-order valence-electron chi connectivity index (χ3n) is 5.89. The van der Waals surface area contributed by atoms with E-state index in [0.717, 1.165) is 59.1 Å². The molecule has 1 aliphatic heterocycles. The molecule has 1 amide bonds. The third kappa shape index (κ3) is 4.56.